The minimum Gasteiger partial charge on any atom is -0.495 e. The number of anilines is 1. The van der Waals surface area contributed by atoms with Gasteiger partial charge in [0.25, 0.3) is 0 Å². The molecule has 0 aliphatic rings. The lowest BCUT2D eigenvalue weighted by Crippen LogP contribution is -2.26. The molecule has 0 saturated heterocycles. The summed E-state index contributed by atoms with van der Waals surface area (Å²) in [7, 11) is 1.72. The Morgan fingerprint density at radius 3 is 2.53 bits per heavy atom. The Hall–Kier alpha value is -1.22. The average Bonchev–Trinajstić information content (AvgIpc) is 2.36. The van der Waals surface area contributed by atoms with Crippen LogP contribution in [0.5, 0.6) is 5.75 Å². The largest absolute Gasteiger partial charge is 0.495 e. The molecule has 0 radical (unpaired) electrons. The molecule has 19 heavy (non-hydrogen) atoms. The molecule has 0 amide bonds. The molecule has 3 nitrogen and oxygen atoms in total. The van der Waals surface area contributed by atoms with Crippen molar-refractivity contribution in [1.29, 1.82) is 0 Å². The Kier molecular flexibility index (Phi) is 5.67. The van der Waals surface area contributed by atoms with E-state index in [9.17, 15) is 0 Å². The van der Waals surface area contributed by atoms with Crippen molar-refractivity contribution in [3.05, 3.63) is 23.8 Å². The molecule has 1 rings (SSSR count). The van der Waals surface area contributed by atoms with E-state index in [4.69, 9.17) is 10.5 Å². The van der Waals surface area contributed by atoms with Gasteiger partial charge >= 0.3 is 0 Å². The third-order valence-corrected chi connectivity index (χ3v) is 3.47. The molecule has 1 aromatic rings. The normalized spacial score (nSPS) is 11.7. The summed E-state index contributed by atoms with van der Waals surface area (Å²) in [4.78, 5) is 0. The number of hydrogen-bond acceptors (Lipinski definition) is 3. The molecule has 3 heteroatoms. The fraction of sp³-hybridized carbons (Fsp3) is 0.625. The molecule has 0 spiro atoms. The quantitative estimate of drug-likeness (QED) is 0.791. The van der Waals surface area contributed by atoms with Crippen molar-refractivity contribution < 1.29 is 4.74 Å². The highest BCUT2D eigenvalue weighted by molar-refractivity contribution is 5.58. The zero-order valence-electron chi connectivity index (χ0n) is 12.9. The van der Waals surface area contributed by atoms with E-state index in [1.54, 1.807) is 7.11 Å². The number of nitrogens with two attached hydrogens (primary N) is 1. The molecule has 0 aromatic heterocycles. The van der Waals surface area contributed by atoms with Crippen LogP contribution in [0.4, 0.5) is 5.69 Å². The highest BCUT2D eigenvalue weighted by atomic mass is 16.5. The van der Waals surface area contributed by atoms with Crippen LogP contribution in [0.25, 0.3) is 0 Å². The molecular formula is C16H28N2O. The van der Waals surface area contributed by atoms with Crippen LogP contribution in [0.15, 0.2) is 18.2 Å². The van der Waals surface area contributed by atoms with Crippen molar-refractivity contribution >= 4 is 5.69 Å². The van der Waals surface area contributed by atoms with Gasteiger partial charge in [0.05, 0.1) is 12.8 Å². The van der Waals surface area contributed by atoms with Gasteiger partial charge in [-0.05, 0) is 42.0 Å². The second kappa shape index (κ2) is 6.80. The van der Waals surface area contributed by atoms with E-state index in [2.05, 4.69) is 51.2 Å². The molecule has 0 aliphatic heterocycles. The van der Waals surface area contributed by atoms with Crippen LogP contribution in [0.3, 0.4) is 0 Å². The molecular weight excluding hydrogens is 236 g/mol. The lowest BCUT2D eigenvalue weighted by molar-refractivity contribution is 0.363. The molecule has 0 saturated carbocycles. The van der Waals surface area contributed by atoms with Crippen LogP contribution >= 0.6 is 0 Å². The zero-order chi connectivity index (χ0) is 14.5. The maximum absolute atomic E-state index is 5.64. The van der Waals surface area contributed by atoms with Gasteiger partial charge in [0.15, 0.2) is 0 Å². The predicted octanol–water partition coefficient (Wildman–Crippen LogP) is 3.61. The van der Waals surface area contributed by atoms with Crippen molar-refractivity contribution in [2.24, 2.45) is 11.1 Å². The van der Waals surface area contributed by atoms with E-state index >= 15 is 0 Å². The lowest BCUT2D eigenvalue weighted by Gasteiger charge is -2.25. The van der Waals surface area contributed by atoms with Crippen LogP contribution in [0, 0.1) is 5.41 Å². The summed E-state index contributed by atoms with van der Waals surface area (Å²) in [6.07, 6.45) is 1.01. The third kappa shape index (κ3) is 4.75. The monoisotopic (exact) mass is 264 g/mol. The van der Waals surface area contributed by atoms with Gasteiger partial charge in [0.1, 0.15) is 5.75 Å². The van der Waals surface area contributed by atoms with Gasteiger partial charge < -0.3 is 15.8 Å². The summed E-state index contributed by atoms with van der Waals surface area (Å²) in [5, 5.41) is 3.47. The number of hydrogen-bond donors (Lipinski definition) is 2. The fourth-order valence-electron chi connectivity index (χ4n) is 2.03. The molecule has 0 fully saturated rings. The minimum absolute atomic E-state index is 0.191. The number of benzene rings is 1. The minimum atomic E-state index is 0.191. The van der Waals surface area contributed by atoms with Crippen LogP contribution in [0.1, 0.15) is 45.6 Å². The summed E-state index contributed by atoms with van der Waals surface area (Å²) in [6, 6.07) is 6.38. The van der Waals surface area contributed by atoms with Gasteiger partial charge in [0.2, 0.25) is 0 Å². The van der Waals surface area contributed by atoms with Crippen molar-refractivity contribution in [2.75, 3.05) is 25.5 Å². The Morgan fingerprint density at radius 1 is 1.32 bits per heavy atom. The van der Waals surface area contributed by atoms with Crippen LogP contribution in [-0.2, 0) is 0 Å². The second-order valence-corrected chi connectivity index (χ2v) is 6.17. The highest BCUT2D eigenvalue weighted by Crippen LogP contribution is 2.30. The summed E-state index contributed by atoms with van der Waals surface area (Å²) in [5.41, 5.74) is 8.18. The number of ether oxygens (including phenoxy) is 1. The molecule has 0 bridgehead atoms. The summed E-state index contributed by atoms with van der Waals surface area (Å²) in [5.74, 6) is 1.42. The van der Waals surface area contributed by atoms with E-state index in [-0.39, 0.29) is 5.41 Å². The molecule has 0 unspecified atom stereocenters. The topological polar surface area (TPSA) is 47.3 Å². The molecule has 1 aromatic carbocycles. The first-order chi connectivity index (χ1) is 8.89. The first-order valence-corrected chi connectivity index (χ1v) is 7.01. The highest BCUT2D eigenvalue weighted by Gasteiger charge is 2.17. The molecule has 0 atom stereocenters. The van der Waals surface area contributed by atoms with Gasteiger partial charge in [-0.2, -0.15) is 0 Å². The Balaban J connectivity index is 2.78. The van der Waals surface area contributed by atoms with Gasteiger partial charge in [-0.25, -0.2) is 0 Å². The van der Waals surface area contributed by atoms with E-state index in [1.807, 2.05) is 0 Å². The van der Waals surface area contributed by atoms with E-state index in [0.29, 0.717) is 5.92 Å². The van der Waals surface area contributed by atoms with Gasteiger partial charge in [-0.3, -0.25) is 0 Å². The Labute approximate surface area is 117 Å². The first kappa shape index (κ1) is 15.8. The average molecular weight is 264 g/mol. The molecule has 0 aliphatic carbocycles. The van der Waals surface area contributed by atoms with Crippen LogP contribution in [-0.4, -0.2) is 20.2 Å². The van der Waals surface area contributed by atoms with Crippen LogP contribution in [0.2, 0.25) is 0 Å². The predicted molar refractivity (Wildman–Crippen MR) is 83.0 cm³/mol. The maximum atomic E-state index is 5.64. The SMILES string of the molecule is COc1cc(C(C)C)ccc1NCC(C)(C)CCN. The third-order valence-electron chi connectivity index (χ3n) is 3.47. The van der Waals surface area contributed by atoms with E-state index < -0.39 is 0 Å². The zero-order valence-corrected chi connectivity index (χ0v) is 12.9. The second-order valence-electron chi connectivity index (χ2n) is 6.17. The number of nitrogens with one attached hydrogen (secondary N) is 1. The first-order valence-electron chi connectivity index (χ1n) is 7.01. The Morgan fingerprint density at radius 2 is 2.00 bits per heavy atom. The Bertz CT molecular complexity index is 400. The van der Waals surface area contributed by atoms with Crippen molar-refractivity contribution in [1.82, 2.24) is 0 Å². The van der Waals surface area contributed by atoms with E-state index in [1.165, 1.54) is 5.56 Å². The number of rotatable bonds is 7. The van der Waals surface area contributed by atoms with Crippen molar-refractivity contribution in [2.45, 2.75) is 40.0 Å². The van der Waals surface area contributed by atoms with E-state index in [0.717, 1.165) is 30.9 Å². The number of methoxy groups -OCH3 is 1. The van der Waals surface area contributed by atoms with Crippen molar-refractivity contribution in [3.8, 4) is 5.75 Å². The van der Waals surface area contributed by atoms with Gasteiger partial charge in [0, 0.05) is 6.54 Å². The summed E-state index contributed by atoms with van der Waals surface area (Å²) >= 11 is 0. The summed E-state index contributed by atoms with van der Waals surface area (Å²) < 4.78 is 5.47. The molecule has 3 N–H and O–H groups in total. The van der Waals surface area contributed by atoms with Crippen molar-refractivity contribution in [3.63, 3.8) is 0 Å². The molecule has 0 heterocycles. The molecule has 108 valence electrons. The summed E-state index contributed by atoms with van der Waals surface area (Å²) in [6.45, 7) is 10.4. The lowest BCUT2D eigenvalue weighted by atomic mass is 9.89. The maximum Gasteiger partial charge on any atom is 0.142 e. The van der Waals surface area contributed by atoms with Crippen LogP contribution < -0.4 is 15.8 Å². The van der Waals surface area contributed by atoms with Gasteiger partial charge in [-0.1, -0.05) is 33.8 Å². The van der Waals surface area contributed by atoms with Gasteiger partial charge in [-0.15, -0.1) is 0 Å². The smallest absolute Gasteiger partial charge is 0.142 e. The fourth-order valence-corrected chi connectivity index (χ4v) is 2.03. The standard InChI is InChI=1S/C16H28N2O/c1-12(2)13-6-7-14(15(10-13)19-5)18-11-16(3,4)8-9-17/h6-7,10,12,18H,8-9,11,17H2,1-5H3.